The molecule has 0 fully saturated rings. The maximum absolute atomic E-state index is 9.50. The number of phenolic OH excluding ortho intramolecular Hbond substituents is 3. The van der Waals surface area contributed by atoms with Crippen LogP contribution < -0.4 is 0 Å². The van der Waals surface area contributed by atoms with Crippen LogP contribution in [0.15, 0.2) is 18.2 Å². The number of benzene rings is 1. The number of rotatable bonds is 1. The second kappa shape index (κ2) is 5.85. The minimum atomic E-state index is -0.475. The van der Waals surface area contributed by atoms with Crippen molar-refractivity contribution in [3.8, 4) is 17.2 Å². The van der Waals surface area contributed by atoms with E-state index in [0.29, 0.717) is 0 Å². The molecule has 1 rings (SSSR count). The Balaban J connectivity index is 0.000000292. The molecule has 4 heteroatoms. The van der Waals surface area contributed by atoms with Crippen LogP contribution in [0, 0.1) is 5.92 Å². The predicted octanol–water partition coefficient (Wildman–Crippen LogP) is 1.64. The Bertz CT molecular complexity index is 274. The SMILES string of the molecule is CC(C)C=O.Oc1cccc(O)c1O. The van der Waals surface area contributed by atoms with E-state index >= 15 is 0 Å². The average molecular weight is 198 g/mol. The summed E-state index contributed by atoms with van der Waals surface area (Å²) in [4.78, 5) is 9.50. The number of hydrogen-bond acceptors (Lipinski definition) is 4. The maximum atomic E-state index is 9.50. The summed E-state index contributed by atoms with van der Waals surface area (Å²) in [5.74, 6) is -0.891. The highest BCUT2D eigenvalue weighted by atomic mass is 16.3. The average Bonchev–Trinajstić information content (AvgIpc) is 2.15. The Hall–Kier alpha value is -1.71. The Morgan fingerprint density at radius 1 is 1.14 bits per heavy atom. The van der Waals surface area contributed by atoms with E-state index in [4.69, 9.17) is 15.3 Å². The summed E-state index contributed by atoms with van der Waals surface area (Å²) >= 11 is 0. The van der Waals surface area contributed by atoms with Crippen molar-refractivity contribution >= 4 is 6.29 Å². The van der Waals surface area contributed by atoms with E-state index in [1.54, 1.807) is 0 Å². The van der Waals surface area contributed by atoms with Crippen LogP contribution in [0.5, 0.6) is 17.2 Å². The summed E-state index contributed by atoms with van der Waals surface area (Å²) in [6.07, 6.45) is 0.917. The molecule has 0 bridgehead atoms. The van der Waals surface area contributed by atoms with Crippen molar-refractivity contribution in [1.29, 1.82) is 0 Å². The molecule has 0 radical (unpaired) electrons. The van der Waals surface area contributed by atoms with Crippen molar-refractivity contribution in [1.82, 2.24) is 0 Å². The third-order valence-corrected chi connectivity index (χ3v) is 1.27. The highest BCUT2D eigenvalue weighted by Crippen LogP contribution is 2.32. The van der Waals surface area contributed by atoms with E-state index in [1.807, 2.05) is 13.8 Å². The second-order valence-electron chi connectivity index (χ2n) is 3.02. The molecule has 0 amide bonds. The lowest BCUT2D eigenvalue weighted by molar-refractivity contribution is -0.110. The van der Waals surface area contributed by atoms with Gasteiger partial charge < -0.3 is 20.1 Å². The predicted molar refractivity (Wildman–Crippen MR) is 52.3 cm³/mol. The molecule has 0 spiro atoms. The van der Waals surface area contributed by atoms with Crippen LogP contribution in [0.4, 0.5) is 0 Å². The molecule has 1 aromatic carbocycles. The van der Waals surface area contributed by atoms with Crippen LogP contribution in [0.25, 0.3) is 0 Å². The van der Waals surface area contributed by atoms with Gasteiger partial charge in [0.15, 0.2) is 17.2 Å². The fourth-order valence-corrected chi connectivity index (χ4v) is 0.519. The monoisotopic (exact) mass is 198 g/mol. The topological polar surface area (TPSA) is 77.8 Å². The van der Waals surface area contributed by atoms with E-state index in [0.717, 1.165) is 6.29 Å². The quantitative estimate of drug-likeness (QED) is 0.473. The number of carbonyl (C=O) groups is 1. The van der Waals surface area contributed by atoms with Crippen LogP contribution in [0.2, 0.25) is 0 Å². The van der Waals surface area contributed by atoms with Crippen molar-refractivity contribution in [3.63, 3.8) is 0 Å². The number of carbonyl (C=O) groups excluding carboxylic acids is 1. The molecular formula is C10H14O4. The summed E-state index contributed by atoms with van der Waals surface area (Å²) in [6, 6.07) is 4.01. The van der Waals surface area contributed by atoms with Gasteiger partial charge in [-0.3, -0.25) is 0 Å². The highest BCUT2D eigenvalue weighted by Gasteiger charge is 2.00. The van der Waals surface area contributed by atoms with Gasteiger partial charge in [-0.05, 0) is 12.1 Å². The zero-order valence-electron chi connectivity index (χ0n) is 8.14. The van der Waals surface area contributed by atoms with Crippen LogP contribution in [0.3, 0.4) is 0 Å². The lowest BCUT2D eigenvalue weighted by atomic mass is 10.3. The molecule has 0 aliphatic heterocycles. The molecule has 0 atom stereocenters. The third-order valence-electron chi connectivity index (χ3n) is 1.27. The highest BCUT2D eigenvalue weighted by molar-refractivity contribution is 5.51. The molecule has 0 saturated carbocycles. The second-order valence-corrected chi connectivity index (χ2v) is 3.02. The van der Waals surface area contributed by atoms with E-state index < -0.39 is 5.75 Å². The summed E-state index contributed by atoms with van der Waals surface area (Å²) in [5.41, 5.74) is 0. The first-order valence-corrected chi connectivity index (χ1v) is 4.14. The molecule has 78 valence electrons. The van der Waals surface area contributed by atoms with Gasteiger partial charge in [0.1, 0.15) is 6.29 Å². The molecule has 0 saturated heterocycles. The lowest BCUT2D eigenvalue weighted by Gasteiger charge is -1.96. The molecule has 3 N–H and O–H groups in total. The minimum absolute atomic E-state index is 0.204. The molecule has 0 unspecified atom stereocenters. The van der Waals surface area contributed by atoms with Gasteiger partial charge in [-0.1, -0.05) is 19.9 Å². The van der Waals surface area contributed by atoms with Crippen molar-refractivity contribution in [2.24, 2.45) is 5.92 Å². The van der Waals surface area contributed by atoms with Gasteiger partial charge in [-0.25, -0.2) is 0 Å². The van der Waals surface area contributed by atoms with Gasteiger partial charge >= 0.3 is 0 Å². The molecule has 14 heavy (non-hydrogen) atoms. The zero-order valence-corrected chi connectivity index (χ0v) is 8.14. The molecule has 0 aromatic heterocycles. The minimum Gasteiger partial charge on any atom is -0.504 e. The normalized spacial score (nSPS) is 9.07. The van der Waals surface area contributed by atoms with Crippen molar-refractivity contribution in [2.45, 2.75) is 13.8 Å². The number of hydrogen-bond donors (Lipinski definition) is 3. The van der Waals surface area contributed by atoms with Gasteiger partial charge in [-0.15, -0.1) is 0 Å². The number of aromatic hydroxyl groups is 3. The first kappa shape index (κ1) is 12.3. The molecule has 4 nitrogen and oxygen atoms in total. The maximum Gasteiger partial charge on any atom is 0.200 e. The van der Waals surface area contributed by atoms with Gasteiger partial charge in [0.25, 0.3) is 0 Å². The van der Waals surface area contributed by atoms with Crippen LogP contribution in [0.1, 0.15) is 13.8 Å². The van der Waals surface area contributed by atoms with E-state index in [9.17, 15) is 4.79 Å². The van der Waals surface area contributed by atoms with Crippen LogP contribution in [-0.4, -0.2) is 21.6 Å². The fourth-order valence-electron chi connectivity index (χ4n) is 0.519. The largest absolute Gasteiger partial charge is 0.504 e. The lowest BCUT2D eigenvalue weighted by Crippen LogP contribution is -1.82. The molecule has 1 aromatic rings. The smallest absolute Gasteiger partial charge is 0.200 e. The van der Waals surface area contributed by atoms with E-state index in [-0.39, 0.29) is 17.4 Å². The molecule has 0 aliphatic carbocycles. The van der Waals surface area contributed by atoms with Gasteiger partial charge in [0.2, 0.25) is 0 Å². The van der Waals surface area contributed by atoms with Gasteiger partial charge in [0.05, 0.1) is 0 Å². The van der Waals surface area contributed by atoms with E-state index in [2.05, 4.69) is 0 Å². The molecular weight excluding hydrogens is 184 g/mol. The summed E-state index contributed by atoms with van der Waals surface area (Å²) in [6.45, 7) is 3.71. The van der Waals surface area contributed by atoms with E-state index in [1.165, 1.54) is 18.2 Å². The van der Waals surface area contributed by atoms with Crippen molar-refractivity contribution in [2.75, 3.05) is 0 Å². The number of para-hydroxylation sites is 1. The third kappa shape index (κ3) is 4.35. The van der Waals surface area contributed by atoms with Gasteiger partial charge in [0, 0.05) is 5.92 Å². The number of aldehydes is 1. The van der Waals surface area contributed by atoms with Crippen molar-refractivity contribution < 1.29 is 20.1 Å². The first-order valence-electron chi connectivity index (χ1n) is 4.14. The number of phenols is 3. The Kier molecular flexibility index (Phi) is 5.14. The summed E-state index contributed by atoms with van der Waals surface area (Å²) < 4.78 is 0. The van der Waals surface area contributed by atoms with Crippen LogP contribution >= 0.6 is 0 Å². The fraction of sp³-hybridized carbons (Fsp3) is 0.300. The Labute approximate surface area is 82.4 Å². The Morgan fingerprint density at radius 2 is 1.50 bits per heavy atom. The first-order chi connectivity index (χ1) is 6.49. The standard InChI is InChI=1S/C6H6O3.C4H8O/c7-4-2-1-3-5(8)6(4)9;1-4(2)3-5/h1-3,7-9H;3-4H,1-2H3. The summed E-state index contributed by atoms with van der Waals surface area (Å²) in [5, 5.41) is 26.1. The van der Waals surface area contributed by atoms with Crippen molar-refractivity contribution in [3.05, 3.63) is 18.2 Å². The Morgan fingerprint density at radius 3 is 1.71 bits per heavy atom. The molecule has 0 heterocycles. The van der Waals surface area contributed by atoms with Gasteiger partial charge in [-0.2, -0.15) is 0 Å². The molecule has 0 aliphatic rings. The summed E-state index contributed by atoms with van der Waals surface area (Å²) in [7, 11) is 0. The van der Waals surface area contributed by atoms with Crippen LogP contribution in [-0.2, 0) is 4.79 Å². The zero-order chi connectivity index (χ0) is 11.1.